The molecular weight excluding hydrogens is 432 g/mol. The first-order valence-corrected chi connectivity index (χ1v) is 11.1. The van der Waals surface area contributed by atoms with Crippen LogP contribution in [0.1, 0.15) is 36.0 Å². The third-order valence-electron chi connectivity index (χ3n) is 5.93. The van der Waals surface area contributed by atoms with E-state index in [0.29, 0.717) is 12.1 Å². The molecule has 1 aliphatic rings. The van der Waals surface area contributed by atoms with Gasteiger partial charge in [0, 0.05) is 18.5 Å². The molecule has 7 heteroatoms. The van der Waals surface area contributed by atoms with Crippen molar-refractivity contribution in [1.29, 1.82) is 0 Å². The minimum absolute atomic E-state index is 0.0939. The van der Waals surface area contributed by atoms with Crippen LogP contribution < -0.4 is 10.6 Å². The van der Waals surface area contributed by atoms with Gasteiger partial charge in [-0.1, -0.05) is 60.7 Å². The summed E-state index contributed by atoms with van der Waals surface area (Å²) in [6.07, 6.45) is -0.102. The number of rotatable bonds is 8. The number of alkyl carbamates (subject to hydrolysis) is 1. The predicted molar refractivity (Wildman–Crippen MR) is 129 cm³/mol. The second kappa shape index (κ2) is 10.2. The molecule has 0 radical (unpaired) electrons. The molecule has 0 fully saturated rings. The SMILES string of the molecule is CC(=O)Nc1ccc(CC[C@H](NC(=O)OCC2c3ccccc3-c3ccccc32)C(=O)O)cc1. The number of ether oxygens (including phenoxy) is 1. The van der Waals surface area contributed by atoms with Crippen LogP contribution in [0.4, 0.5) is 10.5 Å². The standard InChI is InChI=1S/C27H26N2O5/c1-17(30)28-19-13-10-18(11-14-19)12-15-25(26(31)32)29-27(33)34-16-24-22-8-4-2-6-20(22)21-7-3-5-9-23(21)24/h2-11,13-14,24-25H,12,15-16H2,1H3,(H,28,30)(H,29,33)(H,31,32)/t25-/m0/s1. The number of anilines is 1. The van der Waals surface area contributed by atoms with Gasteiger partial charge >= 0.3 is 12.1 Å². The largest absolute Gasteiger partial charge is 0.480 e. The molecule has 0 spiro atoms. The molecule has 34 heavy (non-hydrogen) atoms. The first kappa shape index (κ1) is 23.0. The molecule has 1 atom stereocenters. The van der Waals surface area contributed by atoms with Crippen molar-refractivity contribution >= 4 is 23.7 Å². The summed E-state index contributed by atoms with van der Waals surface area (Å²) < 4.78 is 5.47. The van der Waals surface area contributed by atoms with E-state index in [4.69, 9.17) is 4.74 Å². The molecule has 3 N–H and O–H groups in total. The second-order valence-corrected chi connectivity index (χ2v) is 8.28. The zero-order valence-electron chi connectivity index (χ0n) is 18.8. The highest BCUT2D eigenvalue weighted by atomic mass is 16.5. The normalized spacial score (nSPS) is 12.9. The van der Waals surface area contributed by atoms with E-state index >= 15 is 0 Å². The summed E-state index contributed by atoms with van der Waals surface area (Å²) in [6.45, 7) is 1.55. The number of hydrogen-bond donors (Lipinski definition) is 3. The Labute approximate surface area is 197 Å². The van der Waals surface area contributed by atoms with E-state index in [9.17, 15) is 19.5 Å². The molecule has 0 saturated heterocycles. The van der Waals surface area contributed by atoms with Crippen LogP contribution in [-0.4, -0.2) is 35.7 Å². The third kappa shape index (κ3) is 5.26. The highest BCUT2D eigenvalue weighted by molar-refractivity contribution is 5.88. The first-order valence-electron chi connectivity index (χ1n) is 11.1. The topological polar surface area (TPSA) is 105 Å². The van der Waals surface area contributed by atoms with Gasteiger partial charge in [0.05, 0.1) is 0 Å². The van der Waals surface area contributed by atoms with Crippen LogP contribution in [0.15, 0.2) is 72.8 Å². The van der Waals surface area contributed by atoms with Crippen LogP contribution in [0.5, 0.6) is 0 Å². The number of carboxylic acid groups (broad SMARTS) is 1. The molecule has 0 aromatic heterocycles. The molecule has 2 amide bonds. The number of fused-ring (bicyclic) bond motifs is 3. The van der Waals surface area contributed by atoms with Crippen LogP contribution in [0.25, 0.3) is 11.1 Å². The van der Waals surface area contributed by atoms with E-state index in [1.165, 1.54) is 6.92 Å². The number of amides is 2. The Bertz CT molecular complexity index is 1160. The number of carbonyl (C=O) groups excluding carboxylic acids is 2. The lowest BCUT2D eigenvalue weighted by Crippen LogP contribution is -2.41. The van der Waals surface area contributed by atoms with Crippen LogP contribution in [-0.2, 0) is 20.7 Å². The summed E-state index contributed by atoms with van der Waals surface area (Å²) in [7, 11) is 0. The summed E-state index contributed by atoms with van der Waals surface area (Å²) in [5.74, 6) is -1.38. The van der Waals surface area contributed by atoms with Crippen molar-refractivity contribution in [3.05, 3.63) is 89.5 Å². The molecule has 3 aromatic carbocycles. The Morgan fingerprint density at radius 2 is 1.50 bits per heavy atom. The van der Waals surface area contributed by atoms with Crippen molar-refractivity contribution in [2.24, 2.45) is 0 Å². The summed E-state index contributed by atoms with van der Waals surface area (Å²) in [5, 5.41) is 14.7. The molecule has 7 nitrogen and oxygen atoms in total. The molecular formula is C27H26N2O5. The highest BCUT2D eigenvalue weighted by Gasteiger charge is 2.29. The number of aryl methyl sites for hydroxylation is 1. The molecule has 0 unspecified atom stereocenters. The average molecular weight is 459 g/mol. The molecule has 4 rings (SSSR count). The Morgan fingerprint density at radius 1 is 0.912 bits per heavy atom. The van der Waals surface area contributed by atoms with E-state index in [2.05, 4.69) is 22.8 Å². The van der Waals surface area contributed by atoms with E-state index in [0.717, 1.165) is 27.8 Å². The molecule has 0 aliphatic heterocycles. The van der Waals surface area contributed by atoms with Gasteiger partial charge in [0.1, 0.15) is 12.6 Å². The Kier molecular flexibility index (Phi) is 6.92. The fourth-order valence-corrected chi connectivity index (χ4v) is 4.31. The lowest BCUT2D eigenvalue weighted by Gasteiger charge is -2.17. The highest BCUT2D eigenvalue weighted by Crippen LogP contribution is 2.44. The number of hydrogen-bond acceptors (Lipinski definition) is 4. The molecule has 3 aromatic rings. The third-order valence-corrected chi connectivity index (χ3v) is 5.93. The van der Waals surface area contributed by atoms with Gasteiger partial charge in [-0.3, -0.25) is 4.79 Å². The Morgan fingerprint density at radius 3 is 2.06 bits per heavy atom. The van der Waals surface area contributed by atoms with Crippen molar-refractivity contribution in [3.8, 4) is 11.1 Å². The maximum atomic E-state index is 12.5. The van der Waals surface area contributed by atoms with E-state index < -0.39 is 18.1 Å². The summed E-state index contributed by atoms with van der Waals surface area (Å²) in [6, 6.07) is 22.1. The van der Waals surface area contributed by atoms with Crippen molar-refractivity contribution in [3.63, 3.8) is 0 Å². The van der Waals surface area contributed by atoms with E-state index in [-0.39, 0.29) is 24.9 Å². The van der Waals surface area contributed by atoms with Gasteiger partial charge in [0.15, 0.2) is 0 Å². The van der Waals surface area contributed by atoms with Gasteiger partial charge in [-0.05, 0) is 52.8 Å². The van der Waals surface area contributed by atoms with Crippen LogP contribution in [0, 0.1) is 0 Å². The lowest BCUT2D eigenvalue weighted by atomic mass is 9.98. The quantitative estimate of drug-likeness (QED) is 0.459. The summed E-state index contributed by atoms with van der Waals surface area (Å²) in [5.41, 5.74) is 6.00. The molecule has 0 bridgehead atoms. The molecule has 174 valence electrons. The predicted octanol–water partition coefficient (Wildman–Crippen LogP) is 4.57. The van der Waals surface area contributed by atoms with Crippen molar-refractivity contribution in [2.45, 2.75) is 31.7 Å². The van der Waals surface area contributed by atoms with Gasteiger partial charge in [0.2, 0.25) is 5.91 Å². The lowest BCUT2D eigenvalue weighted by molar-refractivity contribution is -0.139. The van der Waals surface area contributed by atoms with Crippen LogP contribution >= 0.6 is 0 Å². The van der Waals surface area contributed by atoms with Gasteiger partial charge in [-0.15, -0.1) is 0 Å². The van der Waals surface area contributed by atoms with Gasteiger partial charge in [-0.25, -0.2) is 9.59 Å². The first-order chi connectivity index (χ1) is 16.4. The zero-order valence-corrected chi connectivity index (χ0v) is 18.8. The van der Waals surface area contributed by atoms with Crippen LogP contribution in [0.2, 0.25) is 0 Å². The van der Waals surface area contributed by atoms with Crippen molar-refractivity contribution in [1.82, 2.24) is 5.32 Å². The number of carbonyl (C=O) groups is 3. The number of nitrogens with one attached hydrogen (secondary N) is 2. The fraction of sp³-hybridized carbons (Fsp3) is 0.222. The molecule has 0 saturated carbocycles. The molecule has 1 aliphatic carbocycles. The zero-order chi connectivity index (χ0) is 24.1. The van der Waals surface area contributed by atoms with Crippen LogP contribution in [0.3, 0.4) is 0 Å². The summed E-state index contributed by atoms with van der Waals surface area (Å²) in [4.78, 5) is 35.3. The van der Waals surface area contributed by atoms with E-state index in [1.54, 1.807) is 12.1 Å². The van der Waals surface area contributed by atoms with Gasteiger partial charge in [-0.2, -0.15) is 0 Å². The fourth-order valence-electron chi connectivity index (χ4n) is 4.31. The number of carboxylic acids is 1. The minimum Gasteiger partial charge on any atom is -0.480 e. The average Bonchev–Trinajstić information content (AvgIpc) is 3.14. The molecule has 0 heterocycles. The van der Waals surface area contributed by atoms with Gasteiger partial charge in [0.25, 0.3) is 0 Å². The van der Waals surface area contributed by atoms with E-state index in [1.807, 2.05) is 48.5 Å². The monoisotopic (exact) mass is 458 g/mol. The maximum absolute atomic E-state index is 12.5. The maximum Gasteiger partial charge on any atom is 0.407 e. The Balaban J connectivity index is 1.34. The van der Waals surface area contributed by atoms with Crippen molar-refractivity contribution in [2.75, 3.05) is 11.9 Å². The number of benzene rings is 3. The van der Waals surface area contributed by atoms with Gasteiger partial charge < -0.3 is 20.5 Å². The number of aliphatic carboxylic acids is 1. The minimum atomic E-state index is -1.12. The second-order valence-electron chi connectivity index (χ2n) is 8.28. The Hall–Kier alpha value is -4.13. The van der Waals surface area contributed by atoms with Crippen molar-refractivity contribution < 1.29 is 24.2 Å². The summed E-state index contributed by atoms with van der Waals surface area (Å²) >= 11 is 0. The smallest absolute Gasteiger partial charge is 0.407 e.